The Kier molecular flexibility index (Phi) is 6.53. The largest absolute Gasteiger partial charge is 0.493 e. The first kappa shape index (κ1) is 22.6. The highest BCUT2D eigenvalue weighted by molar-refractivity contribution is 5.87. The molecule has 2 aromatic carbocycles. The molecular weight excluding hydrogens is 427 g/mol. The number of para-hydroxylation sites is 1. The molecule has 4 rings (SSSR count). The molecule has 0 unspecified atom stereocenters. The first-order chi connectivity index (χ1) is 15.9. The molecule has 0 aliphatic heterocycles. The summed E-state index contributed by atoms with van der Waals surface area (Å²) in [6.45, 7) is -0.170. The minimum absolute atomic E-state index is 0.0752. The quantitative estimate of drug-likeness (QED) is 0.544. The molecule has 0 saturated heterocycles. The third-order valence-corrected chi connectivity index (χ3v) is 6.19. The molecule has 0 bridgehead atoms. The fourth-order valence-corrected chi connectivity index (χ4v) is 4.76. The number of aliphatic carboxylic acids is 1. The van der Waals surface area contributed by atoms with Crippen molar-refractivity contribution in [1.82, 2.24) is 9.88 Å². The lowest BCUT2D eigenvalue weighted by atomic mass is 9.91. The number of methoxy groups -OCH3 is 2. The molecule has 8 heteroatoms. The standard InChI is InChI=1S/C25H27FN2O5/c1-32-22-5-3-4-15(25(22)33-2)6-11-23(29)27-17-8-10-21-19(13-17)18-12-16(26)7-9-20(18)28(21)14-24(30)31/h3-5,7,9,12,17H,6,8,10-11,13-14H2,1-2H3,(H,27,29)(H,30,31)/t17-/m0/s1. The van der Waals surface area contributed by atoms with Gasteiger partial charge in [-0.3, -0.25) is 9.59 Å². The molecule has 1 aromatic heterocycles. The van der Waals surface area contributed by atoms with E-state index in [4.69, 9.17) is 9.47 Å². The van der Waals surface area contributed by atoms with Gasteiger partial charge in [-0.2, -0.15) is 0 Å². The van der Waals surface area contributed by atoms with Crippen LogP contribution in [-0.4, -0.2) is 41.8 Å². The number of rotatable bonds is 8. The number of aromatic nitrogens is 1. The Morgan fingerprint density at radius 3 is 2.76 bits per heavy atom. The summed E-state index contributed by atoms with van der Waals surface area (Å²) in [6, 6.07) is 9.91. The number of nitrogens with one attached hydrogen (secondary N) is 1. The van der Waals surface area contributed by atoms with Gasteiger partial charge in [-0.05, 0) is 61.1 Å². The van der Waals surface area contributed by atoms with E-state index < -0.39 is 5.97 Å². The van der Waals surface area contributed by atoms with Crippen molar-refractivity contribution in [3.05, 3.63) is 59.0 Å². The van der Waals surface area contributed by atoms with Gasteiger partial charge >= 0.3 is 5.97 Å². The van der Waals surface area contributed by atoms with Gasteiger partial charge in [-0.1, -0.05) is 12.1 Å². The highest BCUT2D eigenvalue weighted by atomic mass is 19.1. The molecule has 0 saturated carbocycles. The molecule has 1 aliphatic carbocycles. The zero-order valence-electron chi connectivity index (χ0n) is 18.7. The lowest BCUT2D eigenvalue weighted by molar-refractivity contribution is -0.137. The minimum Gasteiger partial charge on any atom is -0.493 e. The SMILES string of the molecule is COc1cccc(CCC(=O)N[C@H]2CCc3c(c4cc(F)ccc4n3CC(=O)O)C2)c1OC. The second kappa shape index (κ2) is 9.52. The Hall–Kier alpha value is -3.55. The van der Waals surface area contributed by atoms with Gasteiger partial charge < -0.3 is 24.5 Å². The average molecular weight is 454 g/mol. The van der Waals surface area contributed by atoms with E-state index in [0.29, 0.717) is 54.5 Å². The van der Waals surface area contributed by atoms with E-state index in [1.165, 1.54) is 12.1 Å². The van der Waals surface area contributed by atoms with E-state index >= 15 is 0 Å². The predicted molar refractivity (Wildman–Crippen MR) is 121 cm³/mol. The Morgan fingerprint density at radius 1 is 1.21 bits per heavy atom. The number of ether oxygens (including phenoxy) is 2. The van der Waals surface area contributed by atoms with Crippen LogP contribution in [0.2, 0.25) is 0 Å². The number of carboxylic acids is 1. The molecule has 1 heterocycles. The lowest BCUT2D eigenvalue weighted by Gasteiger charge is -2.25. The number of halogens is 1. The second-order valence-electron chi connectivity index (χ2n) is 8.23. The van der Waals surface area contributed by atoms with Crippen LogP contribution in [0, 0.1) is 5.82 Å². The average Bonchev–Trinajstić information content (AvgIpc) is 3.08. The van der Waals surface area contributed by atoms with Crippen molar-refractivity contribution in [3.8, 4) is 11.5 Å². The molecule has 1 amide bonds. The van der Waals surface area contributed by atoms with Crippen LogP contribution in [0.3, 0.4) is 0 Å². The number of hydrogen-bond acceptors (Lipinski definition) is 4. The van der Waals surface area contributed by atoms with Crippen molar-refractivity contribution < 1.29 is 28.6 Å². The monoisotopic (exact) mass is 454 g/mol. The summed E-state index contributed by atoms with van der Waals surface area (Å²) in [6.07, 6.45) is 2.65. The van der Waals surface area contributed by atoms with Crippen LogP contribution in [-0.2, 0) is 35.4 Å². The van der Waals surface area contributed by atoms with Gasteiger partial charge in [-0.25, -0.2) is 4.39 Å². The number of hydrogen-bond donors (Lipinski definition) is 2. The zero-order chi connectivity index (χ0) is 23.5. The number of aryl methyl sites for hydroxylation is 1. The van der Waals surface area contributed by atoms with E-state index in [1.807, 2.05) is 18.2 Å². The minimum atomic E-state index is -0.942. The van der Waals surface area contributed by atoms with Gasteiger partial charge in [0, 0.05) is 29.1 Å². The maximum Gasteiger partial charge on any atom is 0.323 e. The summed E-state index contributed by atoms with van der Waals surface area (Å²) in [5.41, 5.74) is 3.42. The first-order valence-electron chi connectivity index (χ1n) is 10.9. The van der Waals surface area contributed by atoms with Crippen molar-refractivity contribution >= 4 is 22.8 Å². The molecule has 1 aliphatic rings. The normalized spacial score (nSPS) is 15.2. The van der Waals surface area contributed by atoms with E-state index in [-0.39, 0.29) is 24.3 Å². The number of amides is 1. The van der Waals surface area contributed by atoms with Gasteiger partial charge in [0.15, 0.2) is 11.5 Å². The molecule has 33 heavy (non-hydrogen) atoms. The molecule has 0 radical (unpaired) electrons. The van der Waals surface area contributed by atoms with Crippen LogP contribution >= 0.6 is 0 Å². The van der Waals surface area contributed by atoms with Crippen molar-refractivity contribution in [2.75, 3.05) is 14.2 Å². The fraction of sp³-hybridized carbons (Fsp3) is 0.360. The van der Waals surface area contributed by atoms with Gasteiger partial charge in [0.05, 0.1) is 14.2 Å². The summed E-state index contributed by atoms with van der Waals surface area (Å²) in [5.74, 6) is -0.129. The smallest absolute Gasteiger partial charge is 0.323 e. The molecule has 2 N–H and O–H groups in total. The molecule has 0 fully saturated rings. The summed E-state index contributed by atoms with van der Waals surface area (Å²) in [7, 11) is 3.15. The zero-order valence-corrected chi connectivity index (χ0v) is 18.7. The lowest BCUT2D eigenvalue weighted by Crippen LogP contribution is -2.39. The predicted octanol–water partition coefficient (Wildman–Crippen LogP) is 3.49. The van der Waals surface area contributed by atoms with E-state index in [9.17, 15) is 19.1 Å². The Balaban J connectivity index is 1.47. The second-order valence-corrected chi connectivity index (χ2v) is 8.23. The summed E-state index contributed by atoms with van der Waals surface area (Å²) < 4.78 is 26.5. The van der Waals surface area contributed by atoms with Crippen LogP contribution in [0.1, 0.15) is 29.7 Å². The molecule has 0 spiro atoms. The van der Waals surface area contributed by atoms with E-state index in [1.54, 1.807) is 24.9 Å². The number of nitrogens with zero attached hydrogens (tertiary/aromatic N) is 1. The molecule has 1 atom stereocenters. The highest BCUT2D eigenvalue weighted by Gasteiger charge is 2.27. The van der Waals surface area contributed by atoms with Crippen LogP contribution in [0.15, 0.2) is 36.4 Å². The number of benzene rings is 2. The molecule has 3 aromatic rings. The van der Waals surface area contributed by atoms with Gasteiger partial charge in [-0.15, -0.1) is 0 Å². The summed E-state index contributed by atoms with van der Waals surface area (Å²) in [5, 5.41) is 13.1. The molecule has 174 valence electrons. The summed E-state index contributed by atoms with van der Waals surface area (Å²) >= 11 is 0. The maximum atomic E-state index is 13.9. The first-order valence-corrected chi connectivity index (χ1v) is 10.9. The van der Waals surface area contributed by atoms with Crippen LogP contribution in [0.5, 0.6) is 11.5 Å². The topological polar surface area (TPSA) is 89.8 Å². The van der Waals surface area contributed by atoms with Crippen LogP contribution in [0.4, 0.5) is 4.39 Å². The van der Waals surface area contributed by atoms with Gasteiger partial charge in [0.1, 0.15) is 12.4 Å². The van der Waals surface area contributed by atoms with Crippen molar-refractivity contribution in [2.24, 2.45) is 0 Å². The van der Waals surface area contributed by atoms with Crippen molar-refractivity contribution in [2.45, 2.75) is 44.7 Å². The van der Waals surface area contributed by atoms with Crippen LogP contribution in [0.25, 0.3) is 10.9 Å². The highest BCUT2D eigenvalue weighted by Crippen LogP contribution is 2.34. The van der Waals surface area contributed by atoms with Gasteiger partial charge in [0.25, 0.3) is 0 Å². The third kappa shape index (κ3) is 4.65. The van der Waals surface area contributed by atoms with Crippen molar-refractivity contribution in [1.29, 1.82) is 0 Å². The molecule has 7 nitrogen and oxygen atoms in total. The number of carbonyl (C=O) groups excluding carboxylic acids is 1. The number of carboxylic acid groups (broad SMARTS) is 1. The van der Waals surface area contributed by atoms with Crippen LogP contribution < -0.4 is 14.8 Å². The fourth-order valence-electron chi connectivity index (χ4n) is 4.76. The maximum absolute atomic E-state index is 13.9. The summed E-state index contributed by atoms with van der Waals surface area (Å²) in [4.78, 5) is 24.1. The Bertz CT molecular complexity index is 1200. The van der Waals surface area contributed by atoms with E-state index in [2.05, 4.69) is 5.32 Å². The number of fused-ring (bicyclic) bond motifs is 3. The van der Waals surface area contributed by atoms with E-state index in [0.717, 1.165) is 16.8 Å². The van der Waals surface area contributed by atoms with Crippen molar-refractivity contribution in [3.63, 3.8) is 0 Å². The number of carbonyl (C=O) groups is 2. The Labute approximate surface area is 191 Å². The Morgan fingerprint density at radius 2 is 2.03 bits per heavy atom. The van der Waals surface area contributed by atoms with Gasteiger partial charge in [0.2, 0.25) is 5.91 Å². The third-order valence-electron chi connectivity index (χ3n) is 6.19. The molecular formula is C25H27FN2O5.